The molecule has 1 aliphatic heterocycles. The molecule has 4 rings (SSSR count). The Labute approximate surface area is 213 Å². The molecule has 1 amide bonds. The van der Waals surface area contributed by atoms with Crippen LogP contribution in [-0.2, 0) is 11.3 Å². The molecule has 0 radical (unpaired) electrons. The summed E-state index contributed by atoms with van der Waals surface area (Å²) in [6.45, 7) is 6.23. The van der Waals surface area contributed by atoms with E-state index in [1.165, 1.54) is 19.3 Å². The summed E-state index contributed by atoms with van der Waals surface area (Å²) in [5.74, 6) is 2.16. The Morgan fingerprint density at radius 1 is 1.18 bits per heavy atom. The molecule has 2 aromatic heterocycles. The van der Waals surface area contributed by atoms with Crippen LogP contribution in [0.15, 0.2) is 29.4 Å². The number of pyridine rings is 1. The molecule has 1 saturated heterocycles. The number of carbonyl (C=O) groups excluding carboxylic acids is 1. The highest BCUT2D eigenvalue weighted by Crippen LogP contribution is 2.26. The molecule has 180 valence electrons. The Morgan fingerprint density at radius 3 is 2.61 bits per heavy atom. The number of nitrogens with one attached hydrogen (secondary N) is 2. The molecule has 0 aromatic carbocycles. The number of amides is 1. The predicted molar refractivity (Wildman–Crippen MR) is 141 cm³/mol. The highest BCUT2D eigenvalue weighted by molar-refractivity contribution is 14.0. The molecule has 8 nitrogen and oxygen atoms in total. The van der Waals surface area contributed by atoms with Crippen LogP contribution < -0.4 is 10.6 Å². The van der Waals surface area contributed by atoms with Crippen molar-refractivity contribution in [3.63, 3.8) is 0 Å². The molecular weight excluding hydrogens is 529 g/mol. The van der Waals surface area contributed by atoms with Crippen LogP contribution in [0.4, 0.5) is 0 Å². The zero-order valence-corrected chi connectivity index (χ0v) is 22.2. The van der Waals surface area contributed by atoms with Crippen molar-refractivity contribution < 1.29 is 4.79 Å². The lowest BCUT2D eigenvalue weighted by Crippen LogP contribution is -2.45. The Bertz CT molecular complexity index is 950. The van der Waals surface area contributed by atoms with Gasteiger partial charge in [-0.15, -0.1) is 24.0 Å². The van der Waals surface area contributed by atoms with E-state index in [2.05, 4.69) is 31.8 Å². The van der Waals surface area contributed by atoms with Crippen LogP contribution in [0.3, 0.4) is 0 Å². The van der Waals surface area contributed by atoms with Crippen LogP contribution in [0.1, 0.15) is 55.5 Å². The largest absolute Gasteiger partial charge is 0.352 e. The Balaban J connectivity index is 0.00000306. The maximum absolute atomic E-state index is 12.8. The molecule has 0 bridgehead atoms. The summed E-state index contributed by atoms with van der Waals surface area (Å²) in [6.07, 6.45) is 8.60. The minimum atomic E-state index is 0. The standard InChI is InChI=1S/C24H35N7O.HI/c1-17-13-18(2)31(29-17)22-10-9-19(14-26-22)15-27-24(25-3)28-21-11-12-30(16-21)23(32)20-7-5-4-6-8-20;/h9-10,13-14,20-21H,4-8,11-12,15-16H2,1-3H3,(H2,25,27,28);1H. The van der Waals surface area contributed by atoms with Crippen molar-refractivity contribution >= 4 is 35.8 Å². The molecule has 0 spiro atoms. The van der Waals surface area contributed by atoms with Gasteiger partial charge in [-0.05, 0) is 50.8 Å². The summed E-state index contributed by atoms with van der Waals surface area (Å²) < 4.78 is 1.85. The molecular formula is C24H36IN7O. The fraction of sp³-hybridized carbons (Fsp3) is 0.583. The number of hydrogen-bond acceptors (Lipinski definition) is 4. The van der Waals surface area contributed by atoms with E-state index < -0.39 is 0 Å². The van der Waals surface area contributed by atoms with Crippen molar-refractivity contribution in [2.24, 2.45) is 10.9 Å². The van der Waals surface area contributed by atoms with Gasteiger partial charge in [-0.2, -0.15) is 5.10 Å². The van der Waals surface area contributed by atoms with E-state index in [0.29, 0.717) is 12.5 Å². The van der Waals surface area contributed by atoms with E-state index in [-0.39, 0.29) is 35.9 Å². The molecule has 1 saturated carbocycles. The van der Waals surface area contributed by atoms with Crippen molar-refractivity contribution in [3.05, 3.63) is 41.3 Å². The summed E-state index contributed by atoms with van der Waals surface area (Å²) in [5.41, 5.74) is 3.12. The van der Waals surface area contributed by atoms with Gasteiger partial charge in [0.05, 0.1) is 5.69 Å². The molecule has 2 N–H and O–H groups in total. The molecule has 2 aromatic rings. The quantitative estimate of drug-likeness (QED) is 0.330. The van der Waals surface area contributed by atoms with Gasteiger partial charge >= 0.3 is 0 Å². The molecule has 1 aliphatic carbocycles. The lowest BCUT2D eigenvalue weighted by atomic mass is 9.88. The SMILES string of the molecule is CN=C(NCc1ccc(-n2nc(C)cc2C)nc1)NC1CCN(C(=O)C2CCCCC2)C1.I. The van der Waals surface area contributed by atoms with Gasteiger partial charge in [-0.1, -0.05) is 25.3 Å². The average Bonchev–Trinajstić information content (AvgIpc) is 3.42. The first-order chi connectivity index (χ1) is 15.5. The van der Waals surface area contributed by atoms with Gasteiger partial charge < -0.3 is 15.5 Å². The first-order valence-electron chi connectivity index (χ1n) is 11.8. The van der Waals surface area contributed by atoms with Gasteiger partial charge in [-0.25, -0.2) is 9.67 Å². The second kappa shape index (κ2) is 11.8. The van der Waals surface area contributed by atoms with Crippen LogP contribution in [0.5, 0.6) is 0 Å². The summed E-state index contributed by atoms with van der Waals surface area (Å²) in [6, 6.07) is 6.32. The number of nitrogens with zero attached hydrogens (tertiary/aromatic N) is 5. The number of aliphatic imine (C=N–C) groups is 1. The predicted octanol–water partition coefficient (Wildman–Crippen LogP) is 3.35. The van der Waals surface area contributed by atoms with Crippen molar-refractivity contribution in [1.82, 2.24) is 30.3 Å². The first kappa shape index (κ1) is 25.5. The summed E-state index contributed by atoms with van der Waals surface area (Å²) in [5, 5.41) is 11.3. The second-order valence-electron chi connectivity index (χ2n) is 9.04. The number of aryl methyl sites for hydroxylation is 2. The van der Waals surface area contributed by atoms with E-state index in [9.17, 15) is 4.79 Å². The third-order valence-electron chi connectivity index (χ3n) is 6.51. The number of rotatable bonds is 5. The number of hydrogen-bond donors (Lipinski definition) is 2. The number of likely N-dealkylation sites (tertiary alicyclic amines) is 1. The molecule has 3 heterocycles. The zero-order chi connectivity index (χ0) is 22.5. The highest BCUT2D eigenvalue weighted by atomic mass is 127. The molecule has 33 heavy (non-hydrogen) atoms. The van der Waals surface area contributed by atoms with Crippen LogP contribution >= 0.6 is 24.0 Å². The van der Waals surface area contributed by atoms with Crippen LogP contribution in [0.25, 0.3) is 5.82 Å². The van der Waals surface area contributed by atoms with E-state index in [1.807, 2.05) is 41.8 Å². The molecule has 9 heteroatoms. The molecule has 2 aliphatic rings. The Hall–Kier alpha value is -2.17. The van der Waals surface area contributed by atoms with E-state index in [1.54, 1.807) is 7.05 Å². The van der Waals surface area contributed by atoms with Crippen molar-refractivity contribution in [2.75, 3.05) is 20.1 Å². The van der Waals surface area contributed by atoms with Crippen LogP contribution in [0, 0.1) is 19.8 Å². The molecule has 2 fully saturated rings. The Morgan fingerprint density at radius 2 is 1.97 bits per heavy atom. The topological polar surface area (TPSA) is 87.4 Å². The van der Waals surface area contributed by atoms with E-state index in [4.69, 9.17) is 0 Å². The normalized spacial score (nSPS) is 19.3. The number of carbonyl (C=O) groups is 1. The number of guanidine groups is 1. The lowest BCUT2D eigenvalue weighted by Gasteiger charge is -2.26. The first-order valence-corrected chi connectivity index (χ1v) is 11.8. The van der Waals surface area contributed by atoms with Gasteiger partial charge in [0.1, 0.15) is 0 Å². The van der Waals surface area contributed by atoms with E-state index in [0.717, 1.165) is 61.1 Å². The lowest BCUT2D eigenvalue weighted by molar-refractivity contribution is -0.135. The van der Waals surface area contributed by atoms with Gasteiger partial charge in [0.15, 0.2) is 11.8 Å². The summed E-state index contributed by atoms with van der Waals surface area (Å²) >= 11 is 0. The number of halogens is 1. The van der Waals surface area contributed by atoms with Gasteiger partial charge in [-0.3, -0.25) is 9.79 Å². The molecule has 1 unspecified atom stereocenters. The highest BCUT2D eigenvalue weighted by Gasteiger charge is 2.31. The average molecular weight is 566 g/mol. The minimum Gasteiger partial charge on any atom is -0.352 e. The van der Waals surface area contributed by atoms with Gasteiger partial charge in [0, 0.05) is 50.5 Å². The smallest absolute Gasteiger partial charge is 0.225 e. The zero-order valence-electron chi connectivity index (χ0n) is 19.9. The van der Waals surface area contributed by atoms with Crippen molar-refractivity contribution in [1.29, 1.82) is 0 Å². The van der Waals surface area contributed by atoms with Crippen molar-refractivity contribution in [3.8, 4) is 5.82 Å². The second-order valence-corrected chi connectivity index (χ2v) is 9.04. The molecule has 1 atom stereocenters. The number of aromatic nitrogens is 3. The van der Waals surface area contributed by atoms with Crippen LogP contribution in [-0.4, -0.2) is 57.7 Å². The third kappa shape index (κ3) is 6.45. The summed E-state index contributed by atoms with van der Waals surface area (Å²) in [7, 11) is 1.78. The summed E-state index contributed by atoms with van der Waals surface area (Å²) in [4.78, 5) is 23.8. The van der Waals surface area contributed by atoms with Crippen molar-refractivity contribution in [2.45, 2.75) is 65.0 Å². The van der Waals surface area contributed by atoms with Crippen LogP contribution in [0.2, 0.25) is 0 Å². The van der Waals surface area contributed by atoms with Gasteiger partial charge in [0.25, 0.3) is 0 Å². The maximum Gasteiger partial charge on any atom is 0.225 e. The van der Waals surface area contributed by atoms with E-state index >= 15 is 0 Å². The monoisotopic (exact) mass is 565 g/mol. The van der Waals surface area contributed by atoms with Gasteiger partial charge in [0.2, 0.25) is 5.91 Å². The fourth-order valence-electron chi connectivity index (χ4n) is 4.77. The fourth-order valence-corrected chi connectivity index (χ4v) is 4.77. The maximum atomic E-state index is 12.8. The Kier molecular flexibility index (Phi) is 9.10. The minimum absolute atomic E-state index is 0. The third-order valence-corrected chi connectivity index (χ3v) is 6.51.